The van der Waals surface area contributed by atoms with Crippen molar-refractivity contribution in [3.05, 3.63) is 0 Å². The number of hydrogen-bond acceptors (Lipinski definition) is 3. The maximum absolute atomic E-state index is 10.9. The Hall–Kier alpha value is -0.610. The summed E-state index contributed by atoms with van der Waals surface area (Å²) in [4.78, 5) is 10.9. The predicted molar refractivity (Wildman–Crippen MR) is 45.7 cm³/mol. The van der Waals surface area contributed by atoms with Crippen LogP contribution in [0.4, 0.5) is 0 Å². The van der Waals surface area contributed by atoms with Gasteiger partial charge in [-0.25, -0.2) is 0 Å². The molecule has 1 fully saturated rings. The molecule has 1 atom stereocenters. The number of rotatable bonds is 2. The molecule has 1 aliphatic rings. The Morgan fingerprint density at radius 1 is 1.50 bits per heavy atom. The van der Waals surface area contributed by atoms with Gasteiger partial charge in [0.05, 0.1) is 6.54 Å². The number of ether oxygens (including phenoxy) is 1. The number of hydrogen-bond donors (Lipinski definition) is 2. The quantitative estimate of drug-likeness (QED) is 0.597. The van der Waals surface area contributed by atoms with Crippen molar-refractivity contribution < 1.29 is 9.53 Å². The summed E-state index contributed by atoms with van der Waals surface area (Å²) in [5.74, 6) is -0.0677. The maximum atomic E-state index is 10.9. The fourth-order valence-electron chi connectivity index (χ4n) is 1.33. The molecule has 1 heterocycles. The van der Waals surface area contributed by atoms with Gasteiger partial charge < -0.3 is 15.8 Å². The van der Waals surface area contributed by atoms with Gasteiger partial charge in [0.2, 0.25) is 5.91 Å². The Kier molecular flexibility index (Phi) is 4.04. The number of nitrogens with one attached hydrogen (secondary N) is 1. The largest absolute Gasteiger partial charge is 0.381 e. The van der Waals surface area contributed by atoms with E-state index in [1.54, 1.807) is 0 Å². The lowest BCUT2D eigenvalue weighted by Gasteiger charge is -2.14. The summed E-state index contributed by atoms with van der Waals surface area (Å²) in [6, 6.07) is 0.267. The first-order valence-corrected chi connectivity index (χ1v) is 4.40. The Morgan fingerprint density at radius 3 is 3.08 bits per heavy atom. The summed E-state index contributed by atoms with van der Waals surface area (Å²) < 4.78 is 5.26. The topological polar surface area (TPSA) is 64.4 Å². The zero-order valence-corrected chi connectivity index (χ0v) is 7.21. The van der Waals surface area contributed by atoms with E-state index in [1.807, 2.05) is 0 Å². The summed E-state index contributed by atoms with van der Waals surface area (Å²) in [7, 11) is 0. The minimum atomic E-state index is -0.0677. The molecule has 12 heavy (non-hydrogen) atoms. The van der Waals surface area contributed by atoms with E-state index < -0.39 is 0 Å². The average molecular weight is 172 g/mol. The third kappa shape index (κ3) is 3.19. The molecule has 0 radical (unpaired) electrons. The third-order valence-electron chi connectivity index (χ3n) is 2.00. The molecule has 1 saturated heterocycles. The second-order valence-electron chi connectivity index (χ2n) is 3.01. The Bertz CT molecular complexity index is 142. The van der Waals surface area contributed by atoms with Crippen molar-refractivity contribution >= 4 is 5.91 Å². The second kappa shape index (κ2) is 5.11. The first kappa shape index (κ1) is 9.48. The van der Waals surface area contributed by atoms with Gasteiger partial charge in [0, 0.05) is 19.3 Å². The minimum absolute atomic E-state index is 0.0677. The van der Waals surface area contributed by atoms with Crippen molar-refractivity contribution in [1.29, 1.82) is 0 Å². The van der Waals surface area contributed by atoms with Crippen LogP contribution in [0.3, 0.4) is 0 Å². The van der Waals surface area contributed by atoms with E-state index >= 15 is 0 Å². The van der Waals surface area contributed by atoms with E-state index in [2.05, 4.69) is 5.32 Å². The molecular formula is C8H16N2O2. The highest BCUT2D eigenvalue weighted by Gasteiger charge is 2.13. The monoisotopic (exact) mass is 172 g/mol. The zero-order chi connectivity index (χ0) is 8.81. The van der Waals surface area contributed by atoms with Gasteiger partial charge in [-0.15, -0.1) is 0 Å². The molecule has 0 aliphatic carbocycles. The van der Waals surface area contributed by atoms with Gasteiger partial charge in [-0.1, -0.05) is 0 Å². The van der Waals surface area contributed by atoms with Crippen LogP contribution in [0.15, 0.2) is 0 Å². The van der Waals surface area contributed by atoms with Crippen LogP contribution < -0.4 is 11.1 Å². The van der Waals surface area contributed by atoms with Gasteiger partial charge in [0.25, 0.3) is 0 Å². The smallest absolute Gasteiger partial charge is 0.233 e. The molecule has 4 nitrogen and oxygen atoms in total. The van der Waals surface area contributed by atoms with E-state index in [1.165, 1.54) is 0 Å². The van der Waals surface area contributed by atoms with Crippen LogP contribution in [0.5, 0.6) is 0 Å². The zero-order valence-electron chi connectivity index (χ0n) is 7.21. The highest BCUT2D eigenvalue weighted by Crippen LogP contribution is 2.07. The molecule has 0 aromatic rings. The van der Waals surface area contributed by atoms with Crippen molar-refractivity contribution in [2.75, 3.05) is 19.8 Å². The number of amides is 1. The standard InChI is InChI=1S/C8H16N2O2/c9-6-8(11)10-7-2-1-4-12-5-3-7/h7H,1-6,9H2,(H,10,11). The van der Waals surface area contributed by atoms with E-state index in [9.17, 15) is 4.79 Å². The highest BCUT2D eigenvalue weighted by atomic mass is 16.5. The Labute approximate surface area is 72.5 Å². The van der Waals surface area contributed by atoms with Crippen molar-refractivity contribution in [3.8, 4) is 0 Å². The highest BCUT2D eigenvalue weighted by molar-refractivity contribution is 5.78. The van der Waals surface area contributed by atoms with Crippen LogP contribution in [0.1, 0.15) is 19.3 Å². The molecule has 0 aromatic heterocycles. The summed E-state index contributed by atoms with van der Waals surface area (Å²) in [5, 5.41) is 2.86. The van der Waals surface area contributed by atoms with Crippen LogP contribution in [0.2, 0.25) is 0 Å². The van der Waals surface area contributed by atoms with E-state index in [0.717, 1.165) is 32.5 Å². The predicted octanol–water partition coefficient (Wildman–Crippen LogP) is -0.370. The molecule has 1 rings (SSSR count). The third-order valence-corrected chi connectivity index (χ3v) is 2.00. The van der Waals surface area contributed by atoms with E-state index in [4.69, 9.17) is 10.5 Å². The van der Waals surface area contributed by atoms with Crippen LogP contribution in [0.25, 0.3) is 0 Å². The van der Waals surface area contributed by atoms with Gasteiger partial charge in [-0.2, -0.15) is 0 Å². The average Bonchev–Trinajstić information content (AvgIpc) is 2.33. The lowest BCUT2D eigenvalue weighted by molar-refractivity contribution is -0.120. The van der Waals surface area contributed by atoms with E-state index in [0.29, 0.717) is 0 Å². The van der Waals surface area contributed by atoms with E-state index in [-0.39, 0.29) is 18.5 Å². The normalized spacial score (nSPS) is 24.6. The van der Waals surface area contributed by atoms with Gasteiger partial charge in [-0.05, 0) is 19.3 Å². The van der Waals surface area contributed by atoms with Crippen molar-refractivity contribution in [3.63, 3.8) is 0 Å². The molecule has 3 N–H and O–H groups in total. The van der Waals surface area contributed by atoms with Crippen LogP contribution in [-0.4, -0.2) is 31.7 Å². The number of nitrogens with two attached hydrogens (primary N) is 1. The first-order valence-electron chi connectivity index (χ1n) is 4.40. The molecule has 0 saturated carbocycles. The fraction of sp³-hybridized carbons (Fsp3) is 0.875. The molecule has 0 bridgehead atoms. The van der Waals surface area contributed by atoms with Crippen molar-refractivity contribution in [2.24, 2.45) is 5.73 Å². The first-order chi connectivity index (χ1) is 5.83. The van der Waals surface area contributed by atoms with Crippen molar-refractivity contribution in [2.45, 2.75) is 25.3 Å². The molecule has 0 spiro atoms. The molecule has 4 heteroatoms. The lowest BCUT2D eigenvalue weighted by Crippen LogP contribution is -2.38. The number of carbonyl (C=O) groups is 1. The minimum Gasteiger partial charge on any atom is -0.381 e. The lowest BCUT2D eigenvalue weighted by atomic mass is 10.1. The second-order valence-corrected chi connectivity index (χ2v) is 3.01. The SMILES string of the molecule is NCC(=O)NC1CCCOCC1. The van der Waals surface area contributed by atoms with Gasteiger partial charge in [0.1, 0.15) is 0 Å². The van der Waals surface area contributed by atoms with Gasteiger partial charge in [0.15, 0.2) is 0 Å². The fourth-order valence-corrected chi connectivity index (χ4v) is 1.33. The summed E-state index contributed by atoms with van der Waals surface area (Å²) in [5.41, 5.74) is 5.18. The molecule has 1 amide bonds. The van der Waals surface area contributed by atoms with Gasteiger partial charge >= 0.3 is 0 Å². The van der Waals surface area contributed by atoms with Gasteiger partial charge in [-0.3, -0.25) is 4.79 Å². The van der Waals surface area contributed by atoms with Crippen LogP contribution in [-0.2, 0) is 9.53 Å². The molecule has 1 aliphatic heterocycles. The Morgan fingerprint density at radius 2 is 2.33 bits per heavy atom. The molecule has 0 aromatic carbocycles. The van der Waals surface area contributed by atoms with Crippen LogP contribution >= 0.6 is 0 Å². The summed E-state index contributed by atoms with van der Waals surface area (Å²) >= 11 is 0. The van der Waals surface area contributed by atoms with Crippen LogP contribution in [0, 0.1) is 0 Å². The molecule has 1 unspecified atom stereocenters. The number of carbonyl (C=O) groups excluding carboxylic acids is 1. The Balaban J connectivity index is 2.24. The maximum Gasteiger partial charge on any atom is 0.233 e. The molecular weight excluding hydrogens is 156 g/mol. The summed E-state index contributed by atoms with van der Waals surface area (Å²) in [6.45, 7) is 1.64. The summed E-state index contributed by atoms with van der Waals surface area (Å²) in [6.07, 6.45) is 2.94. The molecule has 70 valence electrons. The van der Waals surface area contributed by atoms with Crippen molar-refractivity contribution in [1.82, 2.24) is 5.32 Å².